The van der Waals surface area contributed by atoms with Crippen molar-refractivity contribution in [2.24, 2.45) is 7.05 Å². The smallest absolute Gasteiger partial charge is 0.180 e. The summed E-state index contributed by atoms with van der Waals surface area (Å²) in [6.45, 7) is 0. The predicted molar refractivity (Wildman–Crippen MR) is 53.8 cm³/mol. The third-order valence-electron chi connectivity index (χ3n) is 1.79. The SMILES string of the molecule is Cn1ccc(-c2nccc(CCl)n2)n1. The lowest BCUT2D eigenvalue weighted by Crippen LogP contribution is -1.94. The zero-order valence-corrected chi connectivity index (χ0v) is 8.44. The van der Waals surface area contributed by atoms with Gasteiger partial charge in [-0.15, -0.1) is 11.6 Å². The van der Waals surface area contributed by atoms with Crippen LogP contribution < -0.4 is 0 Å². The first-order valence-corrected chi connectivity index (χ1v) is 4.71. The van der Waals surface area contributed by atoms with Crippen LogP contribution in [0.5, 0.6) is 0 Å². The van der Waals surface area contributed by atoms with Crippen LogP contribution in [0.4, 0.5) is 0 Å². The van der Waals surface area contributed by atoms with Crippen LogP contribution in [0.1, 0.15) is 5.69 Å². The molecule has 0 saturated carbocycles. The van der Waals surface area contributed by atoms with Crippen molar-refractivity contribution < 1.29 is 0 Å². The Balaban J connectivity index is 2.41. The molecule has 0 unspecified atom stereocenters. The van der Waals surface area contributed by atoms with Gasteiger partial charge in [-0.2, -0.15) is 5.10 Å². The molecule has 0 aliphatic heterocycles. The lowest BCUT2D eigenvalue weighted by Gasteiger charge is -1.97. The molecule has 0 N–H and O–H groups in total. The minimum absolute atomic E-state index is 0.391. The number of rotatable bonds is 2. The molecule has 0 saturated heterocycles. The molecule has 0 bridgehead atoms. The molecule has 0 fully saturated rings. The molecule has 0 aromatic carbocycles. The minimum Gasteiger partial charge on any atom is -0.275 e. The van der Waals surface area contributed by atoms with Gasteiger partial charge in [0.15, 0.2) is 5.82 Å². The lowest BCUT2D eigenvalue weighted by molar-refractivity contribution is 0.768. The fraction of sp³-hybridized carbons (Fsp3) is 0.222. The monoisotopic (exact) mass is 208 g/mol. The summed E-state index contributed by atoms with van der Waals surface area (Å²) in [6.07, 6.45) is 3.54. The molecule has 2 aromatic rings. The number of halogens is 1. The molecule has 0 spiro atoms. The molecule has 2 aromatic heterocycles. The normalized spacial score (nSPS) is 10.4. The molecule has 5 heteroatoms. The summed E-state index contributed by atoms with van der Waals surface area (Å²) in [4.78, 5) is 8.38. The topological polar surface area (TPSA) is 43.6 Å². The van der Waals surface area contributed by atoms with E-state index in [-0.39, 0.29) is 0 Å². The van der Waals surface area contributed by atoms with Crippen molar-refractivity contribution >= 4 is 11.6 Å². The van der Waals surface area contributed by atoms with Crippen molar-refractivity contribution in [3.63, 3.8) is 0 Å². The Morgan fingerprint density at radius 1 is 1.43 bits per heavy atom. The van der Waals surface area contributed by atoms with Crippen molar-refractivity contribution in [3.05, 3.63) is 30.2 Å². The summed E-state index contributed by atoms with van der Waals surface area (Å²) in [7, 11) is 1.86. The number of nitrogens with zero attached hydrogens (tertiary/aromatic N) is 4. The van der Waals surface area contributed by atoms with E-state index in [1.165, 1.54) is 0 Å². The van der Waals surface area contributed by atoms with E-state index in [1.54, 1.807) is 16.9 Å². The average Bonchev–Trinajstić information content (AvgIpc) is 2.65. The maximum absolute atomic E-state index is 5.68. The quantitative estimate of drug-likeness (QED) is 0.705. The molecular weight excluding hydrogens is 200 g/mol. The second-order valence-corrected chi connectivity index (χ2v) is 3.15. The molecule has 4 nitrogen and oxygen atoms in total. The van der Waals surface area contributed by atoms with Crippen molar-refractivity contribution in [2.75, 3.05) is 0 Å². The third kappa shape index (κ3) is 1.75. The largest absolute Gasteiger partial charge is 0.275 e. The number of aromatic nitrogens is 4. The highest BCUT2D eigenvalue weighted by molar-refractivity contribution is 6.16. The first-order valence-electron chi connectivity index (χ1n) is 4.17. The van der Waals surface area contributed by atoms with Crippen LogP contribution in [0.15, 0.2) is 24.5 Å². The van der Waals surface area contributed by atoms with Crippen LogP contribution in [0, 0.1) is 0 Å². The Morgan fingerprint density at radius 3 is 2.93 bits per heavy atom. The van der Waals surface area contributed by atoms with Gasteiger partial charge >= 0.3 is 0 Å². The number of aryl methyl sites for hydroxylation is 1. The Kier molecular flexibility index (Phi) is 2.45. The maximum Gasteiger partial charge on any atom is 0.180 e. The molecule has 0 aliphatic rings. The van der Waals surface area contributed by atoms with Gasteiger partial charge in [0.25, 0.3) is 0 Å². The predicted octanol–water partition coefficient (Wildman–Crippen LogP) is 1.62. The Bertz CT molecular complexity index is 438. The molecule has 0 atom stereocenters. The summed E-state index contributed by atoms with van der Waals surface area (Å²) in [5, 5.41) is 4.20. The van der Waals surface area contributed by atoms with Crippen molar-refractivity contribution in [2.45, 2.75) is 5.88 Å². The second kappa shape index (κ2) is 3.75. The summed E-state index contributed by atoms with van der Waals surface area (Å²) < 4.78 is 1.71. The van der Waals surface area contributed by atoms with Gasteiger partial charge in [0.1, 0.15) is 5.69 Å². The summed E-state index contributed by atoms with van der Waals surface area (Å²) >= 11 is 5.68. The number of alkyl halides is 1. The molecule has 14 heavy (non-hydrogen) atoms. The summed E-state index contributed by atoms with van der Waals surface area (Å²) in [6, 6.07) is 3.66. The van der Waals surface area contributed by atoms with E-state index < -0.39 is 0 Å². The molecule has 2 heterocycles. The van der Waals surface area contributed by atoms with Gasteiger partial charge in [0, 0.05) is 19.4 Å². The van der Waals surface area contributed by atoms with Crippen LogP contribution in [0.3, 0.4) is 0 Å². The molecule has 2 rings (SSSR count). The molecule has 0 radical (unpaired) electrons. The van der Waals surface area contributed by atoms with Crippen molar-refractivity contribution in [3.8, 4) is 11.5 Å². The lowest BCUT2D eigenvalue weighted by atomic mass is 10.4. The first kappa shape index (κ1) is 9.15. The molecule has 0 aliphatic carbocycles. The fourth-order valence-electron chi connectivity index (χ4n) is 1.13. The zero-order valence-electron chi connectivity index (χ0n) is 7.68. The van der Waals surface area contributed by atoms with Crippen LogP contribution in [0.25, 0.3) is 11.5 Å². The van der Waals surface area contributed by atoms with E-state index in [0.717, 1.165) is 11.4 Å². The van der Waals surface area contributed by atoms with Crippen LogP contribution >= 0.6 is 11.6 Å². The molecule has 72 valence electrons. The van der Waals surface area contributed by atoms with Gasteiger partial charge < -0.3 is 0 Å². The highest BCUT2D eigenvalue weighted by atomic mass is 35.5. The zero-order chi connectivity index (χ0) is 9.97. The van der Waals surface area contributed by atoms with Crippen molar-refractivity contribution in [1.29, 1.82) is 0 Å². The van der Waals surface area contributed by atoms with E-state index >= 15 is 0 Å². The molecule has 0 amide bonds. The van der Waals surface area contributed by atoms with Gasteiger partial charge in [-0.05, 0) is 12.1 Å². The third-order valence-corrected chi connectivity index (χ3v) is 2.07. The Morgan fingerprint density at radius 2 is 2.29 bits per heavy atom. The summed E-state index contributed by atoms with van der Waals surface area (Å²) in [5.41, 5.74) is 1.57. The van der Waals surface area contributed by atoms with Crippen molar-refractivity contribution in [1.82, 2.24) is 19.7 Å². The van der Waals surface area contributed by atoms with E-state index in [0.29, 0.717) is 11.7 Å². The van der Waals surface area contributed by atoms with Gasteiger partial charge in [-0.25, -0.2) is 9.97 Å². The van der Waals surface area contributed by atoms with Gasteiger partial charge in [-0.1, -0.05) is 0 Å². The highest BCUT2D eigenvalue weighted by Crippen LogP contribution is 2.11. The molecular formula is C9H9ClN4. The van der Waals surface area contributed by atoms with Gasteiger partial charge in [0.05, 0.1) is 11.6 Å². The summed E-state index contributed by atoms with van der Waals surface area (Å²) in [5.74, 6) is 1.01. The van der Waals surface area contributed by atoms with E-state index in [2.05, 4.69) is 15.1 Å². The van der Waals surface area contributed by atoms with Crippen LogP contribution in [-0.4, -0.2) is 19.7 Å². The number of hydrogen-bond donors (Lipinski definition) is 0. The fourth-order valence-corrected chi connectivity index (χ4v) is 1.28. The first-order chi connectivity index (χ1) is 6.79. The average molecular weight is 209 g/mol. The number of hydrogen-bond acceptors (Lipinski definition) is 3. The Hall–Kier alpha value is -1.42. The maximum atomic E-state index is 5.68. The van der Waals surface area contributed by atoms with Crippen LogP contribution in [0.2, 0.25) is 0 Å². The van der Waals surface area contributed by atoms with E-state index in [1.807, 2.05) is 19.3 Å². The van der Waals surface area contributed by atoms with E-state index in [9.17, 15) is 0 Å². The minimum atomic E-state index is 0.391. The standard InChI is InChI=1S/C9H9ClN4/c1-14-5-3-8(13-14)9-11-4-2-7(6-10)12-9/h2-5H,6H2,1H3. The van der Waals surface area contributed by atoms with Gasteiger partial charge in [-0.3, -0.25) is 4.68 Å². The van der Waals surface area contributed by atoms with Gasteiger partial charge in [0.2, 0.25) is 0 Å². The Labute approximate surface area is 86.6 Å². The second-order valence-electron chi connectivity index (χ2n) is 2.88. The van der Waals surface area contributed by atoms with Crippen LogP contribution in [-0.2, 0) is 12.9 Å². The highest BCUT2D eigenvalue weighted by Gasteiger charge is 2.04. The van der Waals surface area contributed by atoms with E-state index in [4.69, 9.17) is 11.6 Å².